The number of benzene rings is 1. The number of thiazole rings is 1. The number of halogens is 1. The Balaban J connectivity index is 2.44. The molecule has 2 rings (SSSR count). The second-order valence-electron chi connectivity index (χ2n) is 2.77. The molecular formula is C10H9FN2S. The molecule has 0 aliphatic heterocycles. The number of rotatable bonds is 2. The molecule has 0 fully saturated rings. The van der Waals surface area contributed by atoms with E-state index in [4.69, 9.17) is 0 Å². The van der Waals surface area contributed by atoms with Crippen LogP contribution in [0.4, 0.5) is 10.2 Å². The maximum Gasteiger partial charge on any atom is 0.137 e. The summed E-state index contributed by atoms with van der Waals surface area (Å²) in [5, 5.41) is 5.48. The molecule has 4 heteroatoms. The molecule has 0 bridgehead atoms. The van der Waals surface area contributed by atoms with Crippen molar-refractivity contribution >= 4 is 17.2 Å². The van der Waals surface area contributed by atoms with Crippen LogP contribution < -0.4 is 5.32 Å². The first-order chi connectivity index (χ1) is 6.81. The Kier molecular flexibility index (Phi) is 2.45. The van der Waals surface area contributed by atoms with Crippen molar-refractivity contribution in [3.05, 3.63) is 35.5 Å². The SMILES string of the molecule is CNc1csc(-c2ccccc2F)n1. The van der Waals surface area contributed by atoms with Crippen molar-refractivity contribution in [3.63, 3.8) is 0 Å². The lowest BCUT2D eigenvalue weighted by molar-refractivity contribution is 0.631. The van der Waals surface area contributed by atoms with Crippen LogP contribution in [0, 0.1) is 5.82 Å². The summed E-state index contributed by atoms with van der Waals surface area (Å²) in [6.45, 7) is 0. The number of nitrogens with one attached hydrogen (secondary N) is 1. The van der Waals surface area contributed by atoms with Crippen LogP contribution in [-0.2, 0) is 0 Å². The molecule has 0 amide bonds. The van der Waals surface area contributed by atoms with Crippen LogP contribution in [0.5, 0.6) is 0 Å². The van der Waals surface area contributed by atoms with Gasteiger partial charge < -0.3 is 5.32 Å². The maximum absolute atomic E-state index is 13.3. The zero-order valence-corrected chi connectivity index (χ0v) is 8.44. The molecular weight excluding hydrogens is 199 g/mol. The molecule has 0 aliphatic carbocycles. The van der Waals surface area contributed by atoms with Gasteiger partial charge in [-0.3, -0.25) is 0 Å². The molecule has 0 saturated carbocycles. The smallest absolute Gasteiger partial charge is 0.137 e. The van der Waals surface area contributed by atoms with E-state index in [1.54, 1.807) is 25.2 Å². The summed E-state index contributed by atoms with van der Waals surface area (Å²) in [5.74, 6) is 0.540. The third-order valence-corrected chi connectivity index (χ3v) is 2.74. The van der Waals surface area contributed by atoms with Gasteiger partial charge in [0.15, 0.2) is 0 Å². The number of hydrogen-bond acceptors (Lipinski definition) is 3. The fourth-order valence-electron chi connectivity index (χ4n) is 1.15. The van der Waals surface area contributed by atoms with E-state index in [2.05, 4.69) is 10.3 Å². The molecule has 14 heavy (non-hydrogen) atoms. The second-order valence-corrected chi connectivity index (χ2v) is 3.63. The quantitative estimate of drug-likeness (QED) is 0.820. The van der Waals surface area contributed by atoms with E-state index in [0.717, 1.165) is 5.82 Å². The third-order valence-electron chi connectivity index (χ3n) is 1.86. The van der Waals surface area contributed by atoms with E-state index in [1.165, 1.54) is 17.4 Å². The first kappa shape index (κ1) is 9.15. The molecule has 1 heterocycles. The second kappa shape index (κ2) is 3.75. The van der Waals surface area contributed by atoms with Gasteiger partial charge in [-0.1, -0.05) is 12.1 Å². The topological polar surface area (TPSA) is 24.9 Å². The highest BCUT2D eigenvalue weighted by atomic mass is 32.1. The predicted octanol–water partition coefficient (Wildman–Crippen LogP) is 2.99. The summed E-state index contributed by atoms with van der Waals surface area (Å²) in [7, 11) is 1.79. The van der Waals surface area contributed by atoms with Gasteiger partial charge in [-0.25, -0.2) is 9.37 Å². The van der Waals surface area contributed by atoms with Crippen LogP contribution in [0.2, 0.25) is 0 Å². The normalized spacial score (nSPS) is 10.1. The van der Waals surface area contributed by atoms with E-state index in [-0.39, 0.29) is 5.82 Å². The summed E-state index contributed by atoms with van der Waals surface area (Å²) in [4.78, 5) is 4.23. The van der Waals surface area contributed by atoms with Crippen molar-refractivity contribution in [1.82, 2.24) is 4.98 Å². The lowest BCUT2D eigenvalue weighted by atomic mass is 10.2. The average molecular weight is 208 g/mol. The molecule has 0 aliphatic rings. The molecule has 1 aromatic carbocycles. The van der Waals surface area contributed by atoms with Gasteiger partial charge in [0.05, 0.1) is 0 Å². The Labute approximate surface area is 85.4 Å². The Morgan fingerprint density at radius 1 is 1.36 bits per heavy atom. The molecule has 1 N–H and O–H groups in total. The standard InChI is InChI=1S/C10H9FN2S/c1-12-9-6-14-10(13-9)7-4-2-3-5-8(7)11/h2-6,12H,1H3. The van der Waals surface area contributed by atoms with E-state index in [9.17, 15) is 4.39 Å². The molecule has 2 nitrogen and oxygen atoms in total. The molecule has 0 radical (unpaired) electrons. The number of hydrogen-bond donors (Lipinski definition) is 1. The monoisotopic (exact) mass is 208 g/mol. The lowest BCUT2D eigenvalue weighted by Gasteiger charge is -1.96. The highest BCUT2D eigenvalue weighted by molar-refractivity contribution is 7.13. The van der Waals surface area contributed by atoms with E-state index in [1.807, 2.05) is 5.38 Å². The Hall–Kier alpha value is -1.42. The zero-order valence-electron chi connectivity index (χ0n) is 7.62. The van der Waals surface area contributed by atoms with Crippen LogP contribution >= 0.6 is 11.3 Å². The minimum Gasteiger partial charge on any atom is -0.372 e. The fourth-order valence-corrected chi connectivity index (χ4v) is 1.98. The van der Waals surface area contributed by atoms with Gasteiger partial charge in [-0.05, 0) is 12.1 Å². The van der Waals surface area contributed by atoms with Crippen molar-refractivity contribution in [2.75, 3.05) is 12.4 Å². The minimum atomic E-state index is -0.232. The molecule has 0 unspecified atom stereocenters. The van der Waals surface area contributed by atoms with Crippen molar-refractivity contribution in [2.45, 2.75) is 0 Å². The predicted molar refractivity (Wildman–Crippen MR) is 57.1 cm³/mol. The largest absolute Gasteiger partial charge is 0.372 e. The minimum absolute atomic E-state index is 0.232. The highest BCUT2D eigenvalue weighted by Crippen LogP contribution is 2.27. The summed E-state index contributed by atoms with van der Waals surface area (Å²) in [5.41, 5.74) is 0.555. The first-order valence-corrected chi connectivity index (χ1v) is 5.07. The summed E-state index contributed by atoms with van der Waals surface area (Å²) < 4.78 is 13.3. The summed E-state index contributed by atoms with van der Waals surface area (Å²) >= 11 is 1.43. The van der Waals surface area contributed by atoms with Gasteiger partial charge in [-0.15, -0.1) is 11.3 Å². The maximum atomic E-state index is 13.3. The van der Waals surface area contributed by atoms with Crippen LogP contribution in [0.25, 0.3) is 10.6 Å². The third kappa shape index (κ3) is 1.61. The number of nitrogens with zero attached hydrogens (tertiary/aromatic N) is 1. The highest BCUT2D eigenvalue weighted by Gasteiger charge is 2.07. The van der Waals surface area contributed by atoms with Gasteiger partial charge in [-0.2, -0.15) is 0 Å². The number of aromatic nitrogens is 1. The fraction of sp³-hybridized carbons (Fsp3) is 0.100. The number of anilines is 1. The van der Waals surface area contributed by atoms with Gasteiger partial charge >= 0.3 is 0 Å². The molecule has 0 saturated heterocycles. The van der Waals surface area contributed by atoms with E-state index in [0.29, 0.717) is 10.6 Å². The van der Waals surface area contributed by atoms with Crippen LogP contribution in [-0.4, -0.2) is 12.0 Å². The molecule has 0 spiro atoms. The molecule has 2 aromatic rings. The van der Waals surface area contributed by atoms with Crippen LogP contribution in [0.1, 0.15) is 0 Å². The van der Waals surface area contributed by atoms with Gasteiger partial charge in [0.1, 0.15) is 16.6 Å². The van der Waals surface area contributed by atoms with Crippen molar-refractivity contribution in [3.8, 4) is 10.6 Å². The van der Waals surface area contributed by atoms with E-state index < -0.39 is 0 Å². The van der Waals surface area contributed by atoms with E-state index >= 15 is 0 Å². The van der Waals surface area contributed by atoms with Crippen molar-refractivity contribution in [1.29, 1.82) is 0 Å². The van der Waals surface area contributed by atoms with Gasteiger partial charge in [0.2, 0.25) is 0 Å². The van der Waals surface area contributed by atoms with Crippen LogP contribution in [0.15, 0.2) is 29.6 Å². The molecule has 0 atom stereocenters. The van der Waals surface area contributed by atoms with Gasteiger partial charge in [0, 0.05) is 18.0 Å². The first-order valence-electron chi connectivity index (χ1n) is 4.19. The summed E-state index contributed by atoms with van der Waals surface area (Å²) in [6, 6.07) is 6.65. The average Bonchev–Trinajstić information content (AvgIpc) is 2.67. The summed E-state index contributed by atoms with van der Waals surface area (Å²) in [6.07, 6.45) is 0. The Bertz CT molecular complexity index is 439. The lowest BCUT2D eigenvalue weighted by Crippen LogP contribution is -1.87. The Morgan fingerprint density at radius 2 is 2.14 bits per heavy atom. The molecule has 72 valence electrons. The molecule has 1 aromatic heterocycles. The Morgan fingerprint density at radius 3 is 2.79 bits per heavy atom. The van der Waals surface area contributed by atoms with Crippen molar-refractivity contribution < 1.29 is 4.39 Å². The van der Waals surface area contributed by atoms with Gasteiger partial charge in [0.25, 0.3) is 0 Å². The zero-order chi connectivity index (χ0) is 9.97. The van der Waals surface area contributed by atoms with Crippen molar-refractivity contribution in [2.24, 2.45) is 0 Å². The van der Waals surface area contributed by atoms with Crippen LogP contribution in [0.3, 0.4) is 0 Å².